The molecule has 1 aromatic heterocycles. The van der Waals surface area contributed by atoms with Gasteiger partial charge < -0.3 is 20.3 Å². The fourth-order valence-corrected chi connectivity index (χ4v) is 1.99. The van der Waals surface area contributed by atoms with Gasteiger partial charge in [-0.1, -0.05) is 18.2 Å². The third kappa shape index (κ3) is 4.85. The predicted octanol–water partition coefficient (Wildman–Crippen LogP) is 1.45. The Balaban J connectivity index is 1.64. The van der Waals surface area contributed by atoms with Gasteiger partial charge in [0.2, 0.25) is 0 Å². The van der Waals surface area contributed by atoms with Crippen molar-refractivity contribution in [1.29, 1.82) is 0 Å². The molecule has 0 aliphatic rings. The molecule has 2 rings (SSSR count). The molecule has 118 valence electrons. The molecule has 0 saturated heterocycles. The number of aliphatic hydroxyl groups is 1. The molecule has 1 atom stereocenters. The Morgan fingerprint density at radius 1 is 1.36 bits per heavy atom. The van der Waals surface area contributed by atoms with Crippen LogP contribution in [0.5, 0.6) is 0 Å². The van der Waals surface area contributed by atoms with Gasteiger partial charge in [-0.15, -0.1) is 0 Å². The summed E-state index contributed by atoms with van der Waals surface area (Å²) >= 11 is 0. The maximum Gasteiger partial charge on any atom is 0.314 e. The summed E-state index contributed by atoms with van der Waals surface area (Å²) in [7, 11) is 0. The van der Waals surface area contributed by atoms with Crippen LogP contribution in [0.3, 0.4) is 0 Å². The van der Waals surface area contributed by atoms with Gasteiger partial charge in [0.25, 0.3) is 0 Å². The average Bonchev–Trinajstić information content (AvgIpc) is 3.03. The van der Waals surface area contributed by atoms with Crippen LogP contribution < -0.4 is 10.6 Å². The third-order valence-corrected chi connectivity index (χ3v) is 3.16. The number of hydrogen-bond donors (Lipinski definition) is 3. The molecule has 2 amide bonds. The maximum absolute atomic E-state index is 13.5. The summed E-state index contributed by atoms with van der Waals surface area (Å²) in [6.07, 6.45) is 4.96. The molecule has 0 aliphatic carbocycles. The average molecular weight is 306 g/mol. The van der Waals surface area contributed by atoms with Gasteiger partial charge in [0, 0.05) is 37.6 Å². The van der Waals surface area contributed by atoms with Crippen molar-refractivity contribution < 1.29 is 14.3 Å². The maximum atomic E-state index is 13.5. The van der Waals surface area contributed by atoms with E-state index in [-0.39, 0.29) is 18.1 Å². The van der Waals surface area contributed by atoms with Crippen LogP contribution in [0.15, 0.2) is 43.0 Å². The number of hydrogen-bond acceptors (Lipinski definition) is 3. The summed E-state index contributed by atoms with van der Waals surface area (Å²) < 4.78 is 15.4. The Bertz CT molecular complexity index is 589. The molecule has 0 saturated carbocycles. The topological polar surface area (TPSA) is 79.2 Å². The predicted molar refractivity (Wildman–Crippen MR) is 79.6 cm³/mol. The van der Waals surface area contributed by atoms with Crippen LogP contribution in [-0.4, -0.2) is 33.8 Å². The second kappa shape index (κ2) is 8.14. The molecule has 6 nitrogen and oxygen atoms in total. The van der Waals surface area contributed by atoms with E-state index in [1.54, 1.807) is 24.7 Å². The molecular formula is C15H19FN4O2. The highest BCUT2D eigenvalue weighted by molar-refractivity contribution is 5.73. The first-order valence-corrected chi connectivity index (χ1v) is 7.07. The molecule has 0 radical (unpaired) electrons. The molecule has 3 N–H and O–H groups in total. The van der Waals surface area contributed by atoms with Crippen molar-refractivity contribution in [2.24, 2.45) is 0 Å². The van der Waals surface area contributed by atoms with Crippen LogP contribution in [-0.2, 0) is 6.54 Å². The van der Waals surface area contributed by atoms with Crippen LogP contribution in [0.4, 0.5) is 9.18 Å². The van der Waals surface area contributed by atoms with Gasteiger partial charge in [0.15, 0.2) is 0 Å². The first-order valence-electron chi connectivity index (χ1n) is 7.07. The number of aromatic nitrogens is 2. The van der Waals surface area contributed by atoms with E-state index in [9.17, 15) is 14.3 Å². The standard InChI is InChI=1S/C15H19FN4O2/c16-13-5-2-1-4-12(13)14(21)10-19-15(22)18-6-3-8-20-9-7-17-11-20/h1-2,4-5,7,9,11,14,21H,3,6,8,10H2,(H2,18,19,22)/t14-/m1/s1. The molecule has 22 heavy (non-hydrogen) atoms. The SMILES string of the molecule is O=C(NCCCn1ccnc1)NC[C@@H](O)c1ccccc1F. The Kier molecular flexibility index (Phi) is 5.91. The van der Waals surface area contributed by atoms with E-state index in [4.69, 9.17) is 0 Å². The number of aliphatic hydroxyl groups excluding tert-OH is 1. The quantitative estimate of drug-likeness (QED) is 0.677. The van der Waals surface area contributed by atoms with Crippen molar-refractivity contribution in [2.45, 2.75) is 19.1 Å². The highest BCUT2D eigenvalue weighted by Crippen LogP contribution is 2.15. The summed E-state index contributed by atoms with van der Waals surface area (Å²) in [6, 6.07) is 5.56. The van der Waals surface area contributed by atoms with Gasteiger partial charge in [-0.05, 0) is 12.5 Å². The van der Waals surface area contributed by atoms with Crippen molar-refractivity contribution in [1.82, 2.24) is 20.2 Å². The van der Waals surface area contributed by atoms with E-state index in [1.165, 1.54) is 12.1 Å². The smallest absolute Gasteiger partial charge is 0.314 e. The van der Waals surface area contributed by atoms with Crippen molar-refractivity contribution in [3.63, 3.8) is 0 Å². The first kappa shape index (κ1) is 16.0. The molecular weight excluding hydrogens is 287 g/mol. The van der Waals surface area contributed by atoms with E-state index in [0.717, 1.165) is 13.0 Å². The number of aryl methyl sites for hydroxylation is 1. The number of amides is 2. The molecule has 7 heteroatoms. The zero-order chi connectivity index (χ0) is 15.8. The number of urea groups is 1. The fraction of sp³-hybridized carbons (Fsp3) is 0.333. The highest BCUT2D eigenvalue weighted by Gasteiger charge is 2.12. The van der Waals surface area contributed by atoms with Gasteiger partial charge in [0.05, 0.1) is 12.4 Å². The summed E-state index contributed by atoms with van der Waals surface area (Å²) in [4.78, 5) is 15.5. The number of nitrogens with zero attached hydrogens (tertiary/aromatic N) is 2. The second-order valence-corrected chi connectivity index (χ2v) is 4.83. The zero-order valence-corrected chi connectivity index (χ0v) is 12.1. The Morgan fingerprint density at radius 2 is 2.18 bits per heavy atom. The minimum atomic E-state index is -1.07. The van der Waals surface area contributed by atoms with Crippen molar-refractivity contribution in [2.75, 3.05) is 13.1 Å². The second-order valence-electron chi connectivity index (χ2n) is 4.83. The van der Waals surface area contributed by atoms with E-state index >= 15 is 0 Å². The minimum absolute atomic E-state index is 0.0473. The van der Waals surface area contributed by atoms with Gasteiger partial charge >= 0.3 is 6.03 Å². The van der Waals surface area contributed by atoms with E-state index in [1.807, 2.05) is 10.8 Å². The minimum Gasteiger partial charge on any atom is -0.386 e. The van der Waals surface area contributed by atoms with Crippen LogP contribution in [0.2, 0.25) is 0 Å². The Labute approximate surface area is 128 Å². The molecule has 0 fully saturated rings. The summed E-state index contributed by atoms with van der Waals surface area (Å²) in [5.74, 6) is -0.488. The Hall–Kier alpha value is -2.41. The molecule has 2 aromatic rings. The molecule has 1 heterocycles. The summed E-state index contributed by atoms with van der Waals surface area (Å²) in [6.45, 7) is 1.21. The third-order valence-electron chi connectivity index (χ3n) is 3.16. The van der Waals surface area contributed by atoms with Gasteiger partial charge in [0.1, 0.15) is 5.82 Å². The number of imidazole rings is 1. The lowest BCUT2D eigenvalue weighted by molar-refractivity contribution is 0.169. The van der Waals surface area contributed by atoms with Crippen LogP contribution >= 0.6 is 0 Å². The Morgan fingerprint density at radius 3 is 2.91 bits per heavy atom. The van der Waals surface area contributed by atoms with Gasteiger partial charge in [-0.25, -0.2) is 14.2 Å². The molecule has 0 unspecified atom stereocenters. The lowest BCUT2D eigenvalue weighted by Gasteiger charge is -2.13. The van der Waals surface area contributed by atoms with Crippen molar-refractivity contribution >= 4 is 6.03 Å². The van der Waals surface area contributed by atoms with Crippen LogP contribution in [0.1, 0.15) is 18.1 Å². The monoisotopic (exact) mass is 306 g/mol. The van der Waals surface area contributed by atoms with E-state index < -0.39 is 11.9 Å². The molecule has 0 spiro atoms. The zero-order valence-electron chi connectivity index (χ0n) is 12.1. The normalized spacial score (nSPS) is 11.9. The van der Waals surface area contributed by atoms with Gasteiger partial charge in [-0.2, -0.15) is 0 Å². The van der Waals surface area contributed by atoms with E-state index in [2.05, 4.69) is 15.6 Å². The fourth-order valence-electron chi connectivity index (χ4n) is 1.99. The summed E-state index contributed by atoms with van der Waals surface area (Å²) in [5.41, 5.74) is 0.169. The number of rotatable bonds is 7. The number of halogens is 1. The van der Waals surface area contributed by atoms with Crippen molar-refractivity contribution in [3.05, 3.63) is 54.4 Å². The van der Waals surface area contributed by atoms with E-state index in [0.29, 0.717) is 6.54 Å². The van der Waals surface area contributed by atoms with Gasteiger partial charge in [-0.3, -0.25) is 0 Å². The summed E-state index contributed by atoms with van der Waals surface area (Å²) in [5, 5.41) is 15.0. The number of nitrogens with one attached hydrogen (secondary N) is 2. The van der Waals surface area contributed by atoms with Crippen LogP contribution in [0, 0.1) is 5.82 Å². The molecule has 1 aromatic carbocycles. The first-order chi connectivity index (χ1) is 10.7. The number of carbonyl (C=O) groups is 1. The number of benzene rings is 1. The number of carbonyl (C=O) groups excluding carboxylic acids is 1. The molecule has 0 bridgehead atoms. The van der Waals surface area contributed by atoms with Crippen molar-refractivity contribution in [3.8, 4) is 0 Å². The highest BCUT2D eigenvalue weighted by atomic mass is 19.1. The van der Waals surface area contributed by atoms with Crippen LogP contribution in [0.25, 0.3) is 0 Å². The lowest BCUT2D eigenvalue weighted by atomic mass is 10.1. The molecule has 0 aliphatic heterocycles. The largest absolute Gasteiger partial charge is 0.386 e. The lowest BCUT2D eigenvalue weighted by Crippen LogP contribution is -2.38.